The molecule has 102 valence electrons. The summed E-state index contributed by atoms with van der Waals surface area (Å²) in [6, 6.07) is 17.1. The fourth-order valence-electron chi connectivity index (χ4n) is 2.04. The van der Waals surface area contributed by atoms with Crippen LogP contribution >= 0.6 is 11.6 Å². The highest BCUT2D eigenvalue weighted by atomic mass is 35.5. The monoisotopic (exact) mass is 286 g/mol. The van der Waals surface area contributed by atoms with Crippen LogP contribution in [0.5, 0.6) is 0 Å². The Morgan fingerprint density at radius 3 is 2.55 bits per heavy atom. The highest BCUT2D eigenvalue weighted by molar-refractivity contribution is 6.32. The van der Waals surface area contributed by atoms with Crippen molar-refractivity contribution < 1.29 is 5.11 Å². The molecule has 1 atom stereocenters. The number of hydrogen-bond acceptors (Lipinski definition) is 3. The third-order valence-corrected chi connectivity index (χ3v) is 3.35. The van der Waals surface area contributed by atoms with E-state index in [0.717, 1.165) is 5.56 Å². The topological polar surface area (TPSA) is 56.0 Å². The zero-order valence-electron chi connectivity index (χ0n) is 10.9. The Kier molecular flexibility index (Phi) is 5.00. The first-order chi connectivity index (χ1) is 9.74. The maximum Gasteiger partial charge on any atom is 0.103 e. The van der Waals surface area contributed by atoms with E-state index in [1.54, 1.807) is 18.2 Å². The minimum absolute atomic E-state index is 0.0216. The first kappa shape index (κ1) is 14.4. The summed E-state index contributed by atoms with van der Waals surface area (Å²) in [5.41, 5.74) is 2.18. The number of nitriles is 1. The number of aliphatic hydroxyl groups is 1. The van der Waals surface area contributed by atoms with Crippen LogP contribution in [0.4, 0.5) is 5.69 Å². The van der Waals surface area contributed by atoms with Gasteiger partial charge in [0.05, 0.1) is 28.9 Å². The first-order valence-electron chi connectivity index (χ1n) is 6.34. The van der Waals surface area contributed by atoms with Crippen molar-refractivity contribution in [1.29, 1.82) is 5.26 Å². The Balaban J connectivity index is 2.15. The smallest absolute Gasteiger partial charge is 0.103 e. The molecule has 0 aliphatic heterocycles. The molecule has 0 saturated carbocycles. The molecular weight excluding hydrogens is 272 g/mol. The van der Waals surface area contributed by atoms with Crippen LogP contribution in [-0.2, 0) is 6.42 Å². The minimum atomic E-state index is -0.164. The largest absolute Gasteiger partial charge is 0.394 e. The van der Waals surface area contributed by atoms with E-state index in [9.17, 15) is 5.11 Å². The summed E-state index contributed by atoms with van der Waals surface area (Å²) in [6.45, 7) is -0.0216. The van der Waals surface area contributed by atoms with E-state index in [-0.39, 0.29) is 12.6 Å². The molecule has 1 unspecified atom stereocenters. The zero-order valence-corrected chi connectivity index (χ0v) is 11.6. The van der Waals surface area contributed by atoms with E-state index in [1.807, 2.05) is 30.3 Å². The van der Waals surface area contributed by atoms with Crippen molar-refractivity contribution in [2.75, 3.05) is 11.9 Å². The number of nitrogens with one attached hydrogen (secondary N) is 1. The fraction of sp³-hybridized carbons (Fsp3) is 0.188. The number of aliphatic hydroxyl groups excluding tert-OH is 1. The molecule has 20 heavy (non-hydrogen) atoms. The molecule has 2 aromatic rings. The lowest BCUT2D eigenvalue weighted by Crippen LogP contribution is -2.26. The molecule has 4 heteroatoms. The molecule has 0 bridgehead atoms. The van der Waals surface area contributed by atoms with Crippen molar-refractivity contribution in [3.05, 3.63) is 64.7 Å². The van der Waals surface area contributed by atoms with Gasteiger partial charge in [0.15, 0.2) is 0 Å². The molecule has 0 aliphatic carbocycles. The SMILES string of the molecule is N#Cc1c(Cl)cccc1NC(CO)Cc1ccccc1. The van der Waals surface area contributed by atoms with Gasteiger partial charge in [0.1, 0.15) is 6.07 Å². The minimum Gasteiger partial charge on any atom is -0.394 e. The lowest BCUT2D eigenvalue weighted by molar-refractivity contribution is 0.273. The van der Waals surface area contributed by atoms with Crippen LogP contribution in [0.3, 0.4) is 0 Å². The van der Waals surface area contributed by atoms with E-state index in [4.69, 9.17) is 16.9 Å². The standard InChI is InChI=1S/C16H15ClN2O/c17-15-7-4-8-16(14(15)10-18)19-13(11-20)9-12-5-2-1-3-6-12/h1-8,13,19-20H,9,11H2. The molecule has 0 fully saturated rings. The maximum atomic E-state index is 9.50. The number of anilines is 1. The molecule has 2 rings (SSSR count). The van der Waals surface area contributed by atoms with Crippen LogP contribution in [0.25, 0.3) is 0 Å². The fourth-order valence-corrected chi connectivity index (χ4v) is 2.25. The average molecular weight is 287 g/mol. The maximum absolute atomic E-state index is 9.50. The van der Waals surface area contributed by atoms with E-state index < -0.39 is 0 Å². The second-order valence-corrected chi connectivity index (χ2v) is 4.89. The van der Waals surface area contributed by atoms with Crippen LogP contribution in [0, 0.1) is 11.3 Å². The summed E-state index contributed by atoms with van der Waals surface area (Å²) in [6.07, 6.45) is 0.675. The molecule has 0 amide bonds. The third-order valence-electron chi connectivity index (χ3n) is 3.03. The van der Waals surface area contributed by atoms with Crippen molar-refractivity contribution in [3.8, 4) is 6.07 Å². The summed E-state index contributed by atoms with van der Waals surface area (Å²) in [7, 11) is 0. The third kappa shape index (κ3) is 3.51. The molecule has 3 nitrogen and oxygen atoms in total. The molecule has 0 aliphatic rings. The van der Waals surface area contributed by atoms with Gasteiger partial charge in [0.25, 0.3) is 0 Å². The summed E-state index contributed by atoms with van der Waals surface area (Å²) in [4.78, 5) is 0. The highest BCUT2D eigenvalue weighted by Gasteiger charge is 2.12. The van der Waals surface area contributed by atoms with E-state index in [1.165, 1.54) is 0 Å². The molecule has 0 spiro atoms. The predicted molar refractivity (Wildman–Crippen MR) is 80.8 cm³/mol. The zero-order chi connectivity index (χ0) is 14.4. The normalized spacial score (nSPS) is 11.7. The molecular formula is C16H15ClN2O. The average Bonchev–Trinajstić information content (AvgIpc) is 2.48. The van der Waals surface area contributed by atoms with Crippen molar-refractivity contribution in [1.82, 2.24) is 0 Å². The number of halogens is 1. The summed E-state index contributed by atoms with van der Waals surface area (Å²) in [5.74, 6) is 0. The number of rotatable bonds is 5. The predicted octanol–water partition coefficient (Wildman–Crippen LogP) is 3.23. The quantitative estimate of drug-likeness (QED) is 0.887. The van der Waals surface area contributed by atoms with Gasteiger partial charge in [-0.1, -0.05) is 48.0 Å². The Labute approximate surface area is 123 Å². The summed E-state index contributed by atoms with van der Waals surface area (Å²) < 4.78 is 0. The van der Waals surface area contributed by atoms with Gasteiger partial charge in [0, 0.05) is 0 Å². The van der Waals surface area contributed by atoms with Crippen LogP contribution in [0.2, 0.25) is 5.02 Å². The second-order valence-electron chi connectivity index (χ2n) is 4.49. The van der Waals surface area contributed by atoms with Gasteiger partial charge < -0.3 is 10.4 Å². The van der Waals surface area contributed by atoms with Gasteiger partial charge in [-0.15, -0.1) is 0 Å². The van der Waals surface area contributed by atoms with Gasteiger partial charge in [-0.25, -0.2) is 0 Å². The van der Waals surface area contributed by atoms with Gasteiger partial charge in [-0.3, -0.25) is 0 Å². The van der Waals surface area contributed by atoms with E-state index >= 15 is 0 Å². The van der Waals surface area contributed by atoms with Crippen LogP contribution in [0.1, 0.15) is 11.1 Å². The van der Waals surface area contributed by atoms with Gasteiger partial charge in [-0.2, -0.15) is 5.26 Å². The van der Waals surface area contributed by atoms with E-state index in [0.29, 0.717) is 22.7 Å². The molecule has 0 aromatic heterocycles. The first-order valence-corrected chi connectivity index (χ1v) is 6.72. The van der Waals surface area contributed by atoms with Crippen molar-refractivity contribution in [3.63, 3.8) is 0 Å². The van der Waals surface area contributed by atoms with Crippen molar-refractivity contribution in [2.45, 2.75) is 12.5 Å². The van der Waals surface area contributed by atoms with Crippen LogP contribution in [0.15, 0.2) is 48.5 Å². The number of hydrogen-bond donors (Lipinski definition) is 2. The Morgan fingerprint density at radius 1 is 1.15 bits per heavy atom. The van der Waals surface area contributed by atoms with Gasteiger partial charge in [0.2, 0.25) is 0 Å². The van der Waals surface area contributed by atoms with Crippen molar-refractivity contribution >= 4 is 17.3 Å². The lowest BCUT2D eigenvalue weighted by Gasteiger charge is -2.19. The molecule has 0 saturated heterocycles. The van der Waals surface area contributed by atoms with Crippen LogP contribution < -0.4 is 5.32 Å². The summed E-state index contributed by atoms with van der Waals surface area (Å²) >= 11 is 5.99. The Morgan fingerprint density at radius 2 is 1.90 bits per heavy atom. The van der Waals surface area contributed by atoms with Crippen LogP contribution in [-0.4, -0.2) is 17.8 Å². The summed E-state index contributed by atoms with van der Waals surface area (Å²) in [5, 5.41) is 22.2. The van der Waals surface area contributed by atoms with Crippen molar-refractivity contribution in [2.24, 2.45) is 0 Å². The van der Waals surface area contributed by atoms with E-state index in [2.05, 4.69) is 11.4 Å². The number of benzene rings is 2. The molecule has 0 heterocycles. The van der Waals surface area contributed by atoms with Gasteiger partial charge >= 0.3 is 0 Å². The Hall–Kier alpha value is -2.02. The molecule has 2 aromatic carbocycles. The number of nitrogens with zero attached hydrogens (tertiary/aromatic N) is 1. The Bertz CT molecular complexity index is 608. The second kappa shape index (κ2) is 6.95. The highest BCUT2D eigenvalue weighted by Crippen LogP contribution is 2.24. The van der Waals surface area contributed by atoms with Gasteiger partial charge in [-0.05, 0) is 24.1 Å². The molecule has 0 radical (unpaired) electrons. The molecule has 2 N–H and O–H groups in total. The lowest BCUT2D eigenvalue weighted by atomic mass is 10.1.